The van der Waals surface area contributed by atoms with Crippen LogP contribution in [0, 0.1) is 0 Å². The van der Waals surface area contributed by atoms with Crippen molar-refractivity contribution in [3.63, 3.8) is 0 Å². The Balaban J connectivity index is 0.865. The zero-order valence-electron chi connectivity index (χ0n) is 48.1. The number of amides is 6. The highest BCUT2D eigenvalue weighted by atomic mass is 32.1. The molecule has 2 atom stereocenters. The predicted octanol–water partition coefficient (Wildman–Crippen LogP) is 5.23. The van der Waals surface area contributed by atoms with E-state index in [1.807, 2.05) is 36.4 Å². The van der Waals surface area contributed by atoms with Gasteiger partial charge in [-0.05, 0) is 68.0 Å². The van der Waals surface area contributed by atoms with E-state index < -0.39 is 35.8 Å². The molecular weight excluding hydrogens is 1050 g/mol. The molecule has 0 bridgehead atoms. The molecule has 0 aromatic heterocycles. The van der Waals surface area contributed by atoms with E-state index in [1.54, 1.807) is 26.2 Å². The molecule has 3 heterocycles. The summed E-state index contributed by atoms with van der Waals surface area (Å²) in [6.45, 7) is 6.28. The van der Waals surface area contributed by atoms with Gasteiger partial charge in [-0.15, -0.1) is 0 Å². The molecule has 3 aliphatic heterocycles. The van der Waals surface area contributed by atoms with E-state index in [4.69, 9.17) is 19.6 Å². The van der Waals surface area contributed by atoms with Gasteiger partial charge in [-0.2, -0.15) is 12.6 Å². The van der Waals surface area contributed by atoms with E-state index in [0.717, 1.165) is 80.3 Å². The van der Waals surface area contributed by atoms with Gasteiger partial charge in [0, 0.05) is 105 Å². The van der Waals surface area contributed by atoms with Crippen LogP contribution >= 0.6 is 12.6 Å². The Labute approximate surface area is 482 Å². The van der Waals surface area contributed by atoms with Gasteiger partial charge >= 0.3 is 0 Å². The lowest BCUT2D eigenvalue weighted by Gasteiger charge is -2.33. The first-order valence-electron chi connectivity index (χ1n) is 29.2. The van der Waals surface area contributed by atoms with Gasteiger partial charge in [-0.1, -0.05) is 77.2 Å². The fourth-order valence-electron chi connectivity index (χ4n) is 10.1. The minimum atomic E-state index is -1.43. The molecule has 6 amide bonds. The largest absolute Gasteiger partial charge is 0.545 e. The number of anilines is 1. The SMILES string of the molecule is CCCCCCCCCCCCCC(=O)N(C)CC(=O)N(C)[C@@H](CS)C(=O)N(C)CCOCCOCC(=O)N[C@@H](CCCCNC(=O)c1ccc(-c2c3ccc(=[N+]4CCC4)cc-3oc3cc(N4CCC4)ccc23)c(C(=O)[O-])c1)C(N)=O. The third-order valence-electron chi connectivity index (χ3n) is 15.4. The van der Waals surface area contributed by atoms with E-state index in [9.17, 15) is 38.7 Å². The summed E-state index contributed by atoms with van der Waals surface area (Å²) >= 11 is 4.35. The topological polar surface area (TPSA) is 240 Å². The number of aromatic carboxylic acids is 1. The first-order chi connectivity index (χ1) is 39.1. The summed E-state index contributed by atoms with van der Waals surface area (Å²) in [5.41, 5.74) is 9.06. The van der Waals surface area contributed by atoms with Crippen LogP contribution < -0.4 is 36.3 Å². The summed E-state index contributed by atoms with van der Waals surface area (Å²) in [5.74, 6) is -3.28. The standard InChI is InChI=1S/C61H86N8O11S/c1-5-6-7-8-9-10-11-12-13-14-15-21-55(71)66(3)40-56(72)67(4)51(42-81)60(75)65(2)33-34-78-35-36-79-41-54(70)64-50(58(62)73)20-16-17-28-63-59(74)43-22-25-46(49(37-43)61(76)77)57-47-26-23-44(68-29-18-30-68)38-52(47)80-53-39-45(24-27-48(53)57)69-31-19-32-69/h22-27,37-39,50-51H,5-21,28-36,40-42H2,1-4H3,(H5-,62,63,64,70,73,74,76,77,81)/t50-,51-/m0/s1. The van der Waals surface area contributed by atoms with Crippen molar-refractivity contribution in [2.45, 2.75) is 128 Å². The predicted molar refractivity (Wildman–Crippen MR) is 315 cm³/mol. The molecule has 2 aromatic carbocycles. The fourth-order valence-corrected chi connectivity index (χ4v) is 10.5. The quantitative estimate of drug-likeness (QED) is 0.0198. The van der Waals surface area contributed by atoms with Crippen LogP contribution in [0.4, 0.5) is 5.69 Å². The van der Waals surface area contributed by atoms with Gasteiger partial charge in [-0.3, -0.25) is 28.8 Å². The zero-order valence-corrected chi connectivity index (χ0v) is 49.0. The number of primary amides is 1. The number of carboxylic acids is 1. The van der Waals surface area contributed by atoms with Crippen LogP contribution in [0.15, 0.2) is 59.0 Å². The number of ether oxygens (including phenoxy) is 2. The first kappa shape index (κ1) is 63.7. The summed E-state index contributed by atoms with van der Waals surface area (Å²) < 4.78 is 19.8. The molecule has 0 radical (unpaired) electrons. The van der Waals surface area contributed by atoms with Crippen molar-refractivity contribution in [1.29, 1.82) is 0 Å². The van der Waals surface area contributed by atoms with Crippen LogP contribution in [0.5, 0.6) is 0 Å². The Hall–Kier alpha value is -6.51. The first-order valence-corrected chi connectivity index (χ1v) is 29.8. The van der Waals surface area contributed by atoms with E-state index in [-0.39, 0.29) is 87.1 Å². The van der Waals surface area contributed by atoms with Crippen molar-refractivity contribution in [1.82, 2.24) is 29.9 Å². The minimum Gasteiger partial charge on any atom is -0.545 e. The maximum absolute atomic E-state index is 13.4. The fraction of sp³-hybridized carbons (Fsp3) is 0.574. The molecule has 442 valence electrons. The Bertz CT molecular complexity index is 2810. The number of carbonyl (C=O) groups excluding carboxylic acids is 7. The second kappa shape index (κ2) is 32.8. The van der Waals surface area contributed by atoms with Crippen LogP contribution in [0.25, 0.3) is 33.4 Å². The van der Waals surface area contributed by atoms with Crippen molar-refractivity contribution in [2.24, 2.45) is 5.73 Å². The maximum Gasteiger partial charge on any atom is 0.251 e. The lowest BCUT2D eigenvalue weighted by molar-refractivity contribution is -0.255. The van der Waals surface area contributed by atoms with Crippen LogP contribution in [0.2, 0.25) is 0 Å². The van der Waals surface area contributed by atoms with E-state index >= 15 is 0 Å². The molecule has 4 aliphatic rings. The number of rotatable bonds is 36. The highest BCUT2D eigenvalue weighted by Gasteiger charge is 2.30. The van der Waals surface area contributed by atoms with Crippen molar-refractivity contribution < 1.29 is 52.6 Å². The second-order valence-corrected chi connectivity index (χ2v) is 21.9. The minimum absolute atomic E-state index is 0.0525. The number of hydrogen-bond donors (Lipinski definition) is 4. The second-order valence-electron chi connectivity index (χ2n) is 21.5. The molecule has 0 unspecified atom stereocenters. The number of thiol groups is 1. The molecule has 6 rings (SSSR count). The van der Waals surface area contributed by atoms with Gasteiger partial charge < -0.3 is 59.8 Å². The molecule has 2 fully saturated rings. The highest BCUT2D eigenvalue weighted by molar-refractivity contribution is 7.80. The number of benzene rings is 3. The number of fused-ring (bicyclic) bond motifs is 2. The van der Waals surface area contributed by atoms with Crippen LogP contribution in [-0.2, 0) is 33.4 Å². The molecule has 1 aliphatic carbocycles. The van der Waals surface area contributed by atoms with Crippen molar-refractivity contribution in [3.8, 4) is 22.5 Å². The average molecular weight is 1140 g/mol. The third-order valence-corrected chi connectivity index (χ3v) is 15.8. The Morgan fingerprint density at radius 1 is 0.778 bits per heavy atom. The number of carboxylic acid groups (broad SMARTS) is 1. The number of hydrogen-bond acceptors (Lipinski definition) is 13. The van der Waals surface area contributed by atoms with Gasteiger partial charge in [0.25, 0.3) is 5.91 Å². The van der Waals surface area contributed by atoms with Gasteiger partial charge in [0.05, 0.1) is 44.8 Å². The third kappa shape index (κ3) is 18.8. The number of likely N-dealkylation sites (N-methyl/N-ethyl adjacent to an activating group) is 3. The van der Waals surface area contributed by atoms with E-state index in [2.05, 4.69) is 39.7 Å². The van der Waals surface area contributed by atoms with Crippen molar-refractivity contribution in [2.75, 3.05) is 104 Å². The number of carbonyl (C=O) groups is 7. The monoisotopic (exact) mass is 1140 g/mol. The smallest absolute Gasteiger partial charge is 0.251 e. The van der Waals surface area contributed by atoms with E-state index in [1.165, 1.54) is 79.2 Å². The molecule has 2 aromatic rings. The van der Waals surface area contributed by atoms with Crippen molar-refractivity contribution in [3.05, 3.63) is 71.1 Å². The lowest BCUT2D eigenvalue weighted by Crippen LogP contribution is -2.52. The number of nitrogens with zero attached hydrogens (tertiary/aromatic N) is 5. The molecule has 0 saturated carbocycles. The molecule has 20 heteroatoms. The number of unbranched alkanes of at least 4 members (excludes halogenated alkanes) is 11. The van der Waals surface area contributed by atoms with Crippen LogP contribution in [0.1, 0.15) is 137 Å². The molecular formula is C61H86N8O11S. The lowest BCUT2D eigenvalue weighted by atomic mass is 9.89. The van der Waals surface area contributed by atoms with Crippen LogP contribution in [0.3, 0.4) is 0 Å². The Morgan fingerprint density at radius 3 is 2.11 bits per heavy atom. The van der Waals surface area contributed by atoms with Crippen molar-refractivity contribution >= 4 is 70.7 Å². The molecule has 81 heavy (non-hydrogen) atoms. The summed E-state index contributed by atoms with van der Waals surface area (Å²) in [6, 6.07) is 14.7. The zero-order chi connectivity index (χ0) is 58.3. The highest BCUT2D eigenvalue weighted by Crippen LogP contribution is 2.42. The molecule has 2 saturated heterocycles. The van der Waals surface area contributed by atoms with Gasteiger partial charge in [-0.25, -0.2) is 4.58 Å². The Morgan fingerprint density at radius 2 is 1.47 bits per heavy atom. The maximum atomic E-state index is 13.4. The van der Waals surface area contributed by atoms with Gasteiger partial charge in [0.2, 0.25) is 34.9 Å². The summed E-state index contributed by atoms with van der Waals surface area (Å²) in [6.07, 6.45) is 16.7. The van der Waals surface area contributed by atoms with Gasteiger partial charge in [0.1, 0.15) is 43.1 Å². The normalized spacial score (nSPS) is 13.7. The Kier molecular flexibility index (Phi) is 25.8. The summed E-state index contributed by atoms with van der Waals surface area (Å²) in [4.78, 5) is 96.8. The summed E-state index contributed by atoms with van der Waals surface area (Å²) in [5, 5.41) is 20.0. The number of nitrogens with one attached hydrogen (secondary N) is 2. The van der Waals surface area contributed by atoms with Gasteiger partial charge in [0.15, 0.2) is 0 Å². The summed E-state index contributed by atoms with van der Waals surface area (Å²) in [7, 11) is 4.74. The van der Waals surface area contributed by atoms with Crippen LogP contribution in [-0.4, -0.2) is 167 Å². The number of nitrogens with two attached hydrogens (primary N) is 1. The van der Waals surface area contributed by atoms with E-state index in [0.29, 0.717) is 41.7 Å². The average Bonchev–Trinajstić information content (AvgIpc) is 3.45. The molecule has 0 spiro atoms. The molecule has 4 N–H and O–H groups in total. The molecule has 19 nitrogen and oxygen atoms in total.